The molecule has 0 spiro atoms. The van der Waals surface area contributed by atoms with Crippen LogP contribution in [0.15, 0.2) is 18.2 Å². The highest BCUT2D eigenvalue weighted by atomic mass is 16.5. The second-order valence-electron chi connectivity index (χ2n) is 6.02. The van der Waals surface area contributed by atoms with E-state index >= 15 is 0 Å². The van der Waals surface area contributed by atoms with E-state index in [4.69, 9.17) is 10.5 Å². The van der Waals surface area contributed by atoms with E-state index in [0.29, 0.717) is 18.6 Å². The van der Waals surface area contributed by atoms with Crippen LogP contribution in [0.3, 0.4) is 0 Å². The molecular weight excluding hydrogens is 262 g/mol. The van der Waals surface area contributed by atoms with E-state index in [1.807, 2.05) is 0 Å². The molecule has 4 heteroatoms. The van der Waals surface area contributed by atoms with Gasteiger partial charge < -0.3 is 15.4 Å². The van der Waals surface area contributed by atoms with Gasteiger partial charge in [0, 0.05) is 38.3 Å². The fourth-order valence-electron chi connectivity index (χ4n) is 3.30. The average Bonchev–Trinajstić information content (AvgIpc) is 2.49. The van der Waals surface area contributed by atoms with E-state index in [1.165, 1.54) is 17.5 Å². The average molecular weight is 291 g/mol. The molecule has 1 aliphatic rings. The number of ether oxygens (including phenoxy) is 1. The zero-order valence-corrected chi connectivity index (χ0v) is 13.8. The van der Waals surface area contributed by atoms with Gasteiger partial charge >= 0.3 is 0 Å². The van der Waals surface area contributed by atoms with Crippen LogP contribution < -0.4 is 10.5 Å². The van der Waals surface area contributed by atoms with Crippen molar-refractivity contribution in [1.29, 1.82) is 0 Å². The summed E-state index contributed by atoms with van der Waals surface area (Å²) >= 11 is 0. The van der Waals surface area contributed by atoms with Crippen molar-refractivity contribution in [2.45, 2.75) is 32.4 Å². The monoisotopic (exact) mass is 291 g/mol. The lowest BCUT2D eigenvalue weighted by atomic mass is 10.00. The number of likely N-dealkylation sites (N-methyl/N-ethyl adjacent to an activating group) is 1. The lowest BCUT2D eigenvalue weighted by molar-refractivity contribution is 0.0643. The Morgan fingerprint density at radius 2 is 2.14 bits per heavy atom. The van der Waals surface area contributed by atoms with Crippen molar-refractivity contribution < 1.29 is 4.74 Å². The van der Waals surface area contributed by atoms with Crippen molar-refractivity contribution in [2.24, 2.45) is 5.73 Å². The van der Waals surface area contributed by atoms with Crippen LogP contribution in [0, 0.1) is 6.92 Å². The topological polar surface area (TPSA) is 41.7 Å². The van der Waals surface area contributed by atoms with Crippen LogP contribution in [0.2, 0.25) is 0 Å². The van der Waals surface area contributed by atoms with Crippen LogP contribution in [-0.4, -0.2) is 56.2 Å². The largest absolute Gasteiger partial charge is 0.496 e. The van der Waals surface area contributed by atoms with Crippen LogP contribution >= 0.6 is 0 Å². The number of rotatable bonds is 5. The van der Waals surface area contributed by atoms with Crippen LogP contribution in [0.1, 0.15) is 30.5 Å². The number of piperazine rings is 1. The summed E-state index contributed by atoms with van der Waals surface area (Å²) in [5.74, 6) is 0.944. The fourth-order valence-corrected chi connectivity index (χ4v) is 3.30. The Morgan fingerprint density at radius 1 is 1.38 bits per heavy atom. The smallest absolute Gasteiger partial charge is 0.121 e. The predicted octanol–water partition coefficient (Wildman–Crippen LogP) is 2.03. The second-order valence-corrected chi connectivity index (χ2v) is 6.02. The second kappa shape index (κ2) is 7.25. The Hall–Kier alpha value is -1.10. The van der Waals surface area contributed by atoms with Gasteiger partial charge in [0.25, 0.3) is 0 Å². The molecule has 1 aliphatic heterocycles. The molecule has 1 fully saturated rings. The maximum atomic E-state index is 6.09. The molecule has 4 nitrogen and oxygen atoms in total. The molecule has 2 N–H and O–H groups in total. The number of aryl methyl sites for hydroxylation is 1. The van der Waals surface area contributed by atoms with E-state index in [0.717, 1.165) is 25.4 Å². The van der Waals surface area contributed by atoms with E-state index < -0.39 is 0 Å². The van der Waals surface area contributed by atoms with Crippen molar-refractivity contribution in [3.8, 4) is 5.75 Å². The Morgan fingerprint density at radius 3 is 2.71 bits per heavy atom. The maximum Gasteiger partial charge on any atom is 0.121 e. The number of nitrogens with zero attached hydrogens (tertiary/aromatic N) is 2. The molecule has 2 unspecified atom stereocenters. The molecule has 1 aromatic rings. The SMILES string of the molecule is CCC1CN(C(CN)c2ccc(OC)c(C)c2)CCN1C. The summed E-state index contributed by atoms with van der Waals surface area (Å²) in [6, 6.07) is 7.36. The highest BCUT2D eigenvalue weighted by Gasteiger charge is 2.28. The number of nitrogens with two attached hydrogens (primary N) is 1. The molecule has 0 amide bonds. The van der Waals surface area contributed by atoms with Gasteiger partial charge in [-0.1, -0.05) is 19.1 Å². The van der Waals surface area contributed by atoms with Gasteiger partial charge in [0.05, 0.1) is 7.11 Å². The third-order valence-corrected chi connectivity index (χ3v) is 4.75. The summed E-state index contributed by atoms with van der Waals surface area (Å²) < 4.78 is 5.36. The first kappa shape index (κ1) is 16.3. The zero-order chi connectivity index (χ0) is 15.4. The van der Waals surface area contributed by atoms with Gasteiger partial charge in [-0.2, -0.15) is 0 Å². The summed E-state index contributed by atoms with van der Waals surface area (Å²) in [6.45, 7) is 8.31. The summed E-state index contributed by atoms with van der Waals surface area (Å²) in [5.41, 5.74) is 8.57. The molecule has 2 atom stereocenters. The van der Waals surface area contributed by atoms with E-state index in [1.54, 1.807) is 7.11 Å². The molecule has 0 radical (unpaired) electrons. The molecule has 1 aromatic carbocycles. The number of methoxy groups -OCH3 is 1. The molecule has 1 saturated heterocycles. The molecule has 21 heavy (non-hydrogen) atoms. The minimum absolute atomic E-state index is 0.303. The third-order valence-electron chi connectivity index (χ3n) is 4.75. The first-order chi connectivity index (χ1) is 10.1. The Kier molecular flexibility index (Phi) is 5.62. The van der Waals surface area contributed by atoms with E-state index in [2.05, 4.69) is 48.9 Å². The molecule has 0 aromatic heterocycles. The quantitative estimate of drug-likeness (QED) is 0.901. The zero-order valence-electron chi connectivity index (χ0n) is 13.8. The number of hydrogen-bond donors (Lipinski definition) is 1. The van der Waals surface area contributed by atoms with Crippen molar-refractivity contribution in [3.05, 3.63) is 29.3 Å². The summed E-state index contributed by atoms with van der Waals surface area (Å²) in [6.07, 6.45) is 1.19. The van der Waals surface area contributed by atoms with Crippen LogP contribution in [0.4, 0.5) is 0 Å². The molecule has 0 bridgehead atoms. The molecule has 118 valence electrons. The van der Waals surface area contributed by atoms with Crippen molar-refractivity contribution >= 4 is 0 Å². The maximum absolute atomic E-state index is 6.09. The lowest BCUT2D eigenvalue weighted by Crippen LogP contribution is -2.53. The van der Waals surface area contributed by atoms with Crippen LogP contribution in [-0.2, 0) is 0 Å². The van der Waals surface area contributed by atoms with Crippen LogP contribution in [0.5, 0.6) is 5.75 Å². The first-order valence-electron chi connectivity index (χ1n) is 7.89. The normalized spacial score (nSPS) is 22.2. The summed E-state index contributed by atoms with van der Waals surface area (Å²) in [7, 11) is 3.94. The molecule has 2 rings (SSSR count). The van der Waals surface area contributed by atoms with Gasteiger partial charge in [0.2, 0.25) is 0 Å². The lowest BCUT2D eigenvalue weighted by Gasteiger charge is -2.42. The molecule has 1 heterocycles. The van der Waals surface area contributed by atoms with Crippen LogP contribution in [0.25, 0.3) is 0 Å². The van der Waals surface area contributed by atoms with Gasteiger partial charge in [-0.15, -0.1) is 0 Å². The van der Waals surface area contributed by atoms with Gasteiger partial charge in [0.1, 0.15) is 5.75 Å². The van der Waals surface area contributed by atoms with Gasteiger partial charge in [-0.3, -0.25) is 4.90 Å². The molecule has 0 saturated carbocycles. The van der Waals surface area contributed by atoms with Gasteiger partial charge in [-0.25, -0.2) is 0 Å². The Balaban J connectivity index is 2.17. The Labute approximate surface area is 128 Å². The number of benzene rings is 1. The fraction of sp³-hybridized carbons (Fsp3) is 0.647. The Bertz CT molecular complexity index is 463. The van der Waals surface area contributed by atoms with Crippen molar-refractivity contribution in [2.75, 3.05) is 40.3 Å². The number of hydrogen-bond acceptors (Lipinski definition) is 4. The minimum Gasteiger partial charge on any atom is -0.496 e. The highest BCUT2D eigenvalue weighted by molar-refractivity contribution is 5.37. The third kappa shape index (κ3) is 3.57. The van der Waals surface area contributed by atoms with Crippen molar-refractivity contribution in [1.82, 2.24) is 9.80 Å². The standard InChI is InChI=1S/C17H29N3O/c1-5-15-12-20(9-8-19(15)3)16(11-18)14-6-7-17(21-4)13(2)10-14/h6-7,10,15-16H,5,8-9,11-12,18H2,1-4H3. The molecular formula is C17H29N3O. The molecule has 0 aliphatic carbocycles. The van der Waals surface area contributed by atoms with Crippen molar-refractivity contribution in [3.63, 3.8) is 0 Å². The van der Waals surface area contributed by atoms with E-state index in [9.17, 15) is 0 Å². The first-order valence-corrected chi connectivity index (χ1v) is 7.89. The van der Waals surface area contributed by atoms with E-state index in [-0.39, 0.29) is 0 Å². The predicted molar refractivity (Wildman–Crippen MR) is 87.8 cm³/mol. The van der Waals surface area contributed by atoms with Gasteiger partial charge in [0.15, 0.2) is 0 Å². The highest BCUT2D eigenvalue weighted by Crippen LogP contribution is 2.27. The summed E-state index contributed by atoms with van der Waals surface area (Å²) in [5, 5.41) is 0. The summed E-state index contributed by atoms with van der Waals surface area (Å²) in [4.78, 5) is 5.00. The minimum atomic E-state index is 0.303. The van der Waals surface area contributed by atoms with Gasteiger partial charge in [-0.05, 0) is 37.6 Å².